The first kappa shape index (κ1) is 19.1. The fourth-order valence-corrected chi connectivity index (χ4v) is 5.32. The van der Waals surface area contributed by atoms with E-state index >= 15 is 0 Å². The molecule has 1 aliphatic heterocycles. The van der Waals surface area contributed by atoms with Gasteiger partial charge >= 0.3 is 5.97 Å². The predicted octanol–water partition coefficient (Wildman–Crippen LogP) is 4.41. The number of anilines is 1. The number of hydrogen-bond acceptors (Lipinski definition) is 5. The molecule has 1 aromatic carbocycles. The average Bonchev–Trinajstić information content (AvgIpc) is 3.07. The lowest BCUT2D eigenvalue weighted by molar-refractivity contribution is -0.153. The van der Waals surface area contributed by atoms with E-state index in [0.29, 0.717) is 17.4 Å². The number of rotatable bonds is 8. The second-order valence-corrected chi connectivity index (χ2v) is 8.49. The maximum absolute atomic E-state index is 12.8. The molecule has 24 heavy (non-hydrogen) atoms. The van der Waals surface area contributed by atoms with Gasteiger partial charge in [0.1, 0.15) is 5.82 Å². The van der Waals surface area contributed by atoms with Gasteiger partial charge in [-0.15, -0.1) is 0 Å². The van der Waals surface area contributed by atoms with Crippen molar-refractivity contribution in [2.24, 2.45) is 0 Å². The molecule has 1 N–H and O–H groups in total. The van der Waals surface area contributed by atoms with Gasteiger partial charge in [0.05, 0.1) is 0 Å². The van der Waals surface area contributed by atoms with Crippen molar-refractivity contribution in [3.05, 3.63) is 30.1 Å². The van der Waals surface area contributed by atoms with Gasteiger partial charge in [0.15, 0.2) is 6.10 Å². The van der Waals surface area contributed by atoms with E-state index in [-0.39, 0.29) is 11.8 Å². The molecule has 1 saturated heterocycles. The lowest BCUT2D eigenvalue weighted by atomic mass is 10.1. The van der Waals surface area contributed by atoms with Crippen LogP contribution >= 0.6 is 21.6 Å². The summed E-state index contributed by atoms with van der Waals surface area (Å²) in [5, 5.41) is 3.31. The molecular formula is C17H22FNO3S2. The summed E-state index contributed by atoms with van der Waals surface area (Å²) in [6.07, 6.45) is 3.63. The maximum atomic E-state index is 12.8. The van der Waals surface area contributed by atoms with E-state index in [1.807, 2.05) is 21.6 Å². The Morgan fingerprint density at radius 2 is 2.08 bits per heavy atom. The number of halogens is 1. The minimum atomic E-state index is -0.871. The van der Waals surface area contributed by atoms with Gasteiger partial charge in [0.2, 0.25) is 0 Å². The van der Waals surface area contributed by atoms with Crippen LogP contribution in [-0.4, -0.2) is 29.0 Å². The first-order chi connectivity index (χ1) is 11.5. The van der Waals surface area contributed by atoms with Gasteiger partial charge in [0.25, 0.3) is 5.91 Å². The number of esters is 1. The van der Waals surface area contributed by atoms with Crippen LogP contribution in [0.25, 0.3) is 0 Å². The van der Waals surface area contributed by atoms with Gasteiger partial charge in [-0.05, 0) is 50.5 Å². The standard InChI is InChI=1S/C17H22FNO3S2/c1-12(17(21)19-14-8-6-13(18)7-9-14)22-16(20)5-3-2-4-15-10-11-23-24-15/h6-9,12,15H,2-5,10-11H2,1H3,(H,19,21)/t12-,15+/m0/s1. The number of unbranched alkanes of at least 4 members (excludes halogenated alkanes) is 1. The number of carbonyl (C=O) groups excluding carboxylic acids is 2. The van der Waals surface area contributed by atoms with Crippen molar-refractivity contribution in [3.8, 4) is 0 Å². The average molecular weight is 371 g/mol. The Morgan fingerprint density at radius 1 is 1.33 bits per heavy atom. The van der Waals surface area contributed by atoms with Crippen LogP contribution in [0.4, 0.5) is 10.1 Å². The first-order valence-electron chi connectivity index (χ1n) is 8.09. The van der Waals surface area contributed by atoms with Crippen LogP contribution in [0.15, 0.2) is 24.3 Å². The second-order valence-electron chi connectivity index (χ2n) is 5.70. The van der Waals surface area contributed by atoms with Crippen LogP contribution in [0.1, 0.15) is 39.0 Å². The van der Waals surface area contributed by atoms with Crippen LogP contribution in [0.5, 0.6) is 0 Å². The van der Waals surface area contributed by atoms with Crippen molar-refractivity contribution >= 4 is 39.2 Å². The van der Waals surface area contributed by atoms with Crippen LogP contribution in [0.2, 0.25) is 0 Å². The van der Waals surface area contributed by atoms with Crippen LogP contribution in [0, 0.1) is 5.82 Å². The zero-order valence-corrected chi connectivity index (χ0v) is 15.3. The number of amides is 1. The number of ether oxygens (including phenoxy) is 1. The Labute approximate surface area is 149 Å². The van der Waals surface area contributed by atoms with Crippen LogP contribution < -0.4 is 5.32 Å². The summed E-state index contributed by atoms with van der Waals surface area (Å²) in [6, 6.07) is 5.43. The third-order valence-corrected chi connectivity index (χ3v) is 6.68. The highest BCUT2D eigenvalue weighted by atomic mass is 33.1. The molecule has 4 nitrogen and oxygen atoms in total. The monoisotopic (exact) mass is 371 g/mol. The molecular weight excluding hydrogens is 349 g/mol. The highest BCUT2D eigenvalue weighted by molar-refractivity contribution is 8.77. The van der Waals surface area contributed by atoms with Gasteiger partial charge in [-0.3, -0.25) is 9.59 Å². The largest absolute Gasteiger partial charge is 0.453 e. The van der Waals surface area contributed by atoms with Crippen LogP contribution in [0.3, 0.4) is 0 Å². The van der Waals surface area contributed by atoms with Crippen molar-refractivity contribution in [1.29, 1.82) is 0 Å². The van der Waals surface area contributed by atoms with Gasteiger partial charge in [-0.2, -0.15) is 0 Å². The molecule has 1 amide bonds. The summed E-state index contributed by atoms with van der Waals surface area (Å²) < 4.78 is 18.0. The number of carbonyl (C=O) groups is 2. The Hall–Kier alpha value is -1.21. The molecule has 0 aromatic heterocycles. The van der Waals surface area contributed by atoms with E-state index in [9.17, 15) is 14.0 Å². The van der Waals surface area contributed by atoms with Crippen LogP contribution in [-0.2, 0) is 14.3 Å². The van der Waals surface area contributed by atoms with E-state index in [1.165, 1.54) is 43.4 Å². The highest BCUT2D eigenvalue weighted by Crippen LogP contribution is 2.39. The zero-order chi connectivity index (χ0) is 17.4. The summed E-state index contributed by atoms with van der Waals surface area (Å²) in [6.45, 7) is 1.53. The van der Waals surface area contributed by atoms with Crippen molar-refractivity contribution in [2.75, 3.05) is 11.1 Å². The summed E-state index contributed by atoms with van der Waals surface area (Å²) in [7, 11) is 3.86. The molecule has 2 rings (SSSR count). The lowest BCUT2D eigenvalue weighted by Gasteiger charge is -2.13. The molecule has 0 aliphatic carbocycles. The summed E-state index contributed by atoms with van der Waals surface area (Å²) >= 11 is 0. The molecule has 1 fully saturated rings. The molecule has 1 aromatic rings. The fraction of sp³-hybridized carbons (Fsp3) is 0.529. The number of benzene rings is 1. The summed E-state index contributed by atoms with van der Waals surface area (Å²) in [5.41, 5.74) is 0.469. The predicted molar refractivity (Wildman–Crippen MR) is 97.5 cm³/mol. The number of hydrogen-bond donors (Lipinski definition) is 1. The minimum absolute atomic E-state index is 0.332. The molecule has 1 aliphatic rings. The van der Waals surface area contributed by atoms with Gasteiger partial charge in [0, 0.05) is 23.1 Å². The molecule has 0 spiro atoms. The van der Waals surface area contributed by atoms with E-state index in [1.54, 1.807) is 0 Å². The van der Waals surface area contributed by atoms with E-state index in [4.69, 9.17) is 4.74 Å². The quantitative estimate of drug-likeness (QED) is 0.417. The topological polar surface area (TPSA) is 55.4 Å². The summed E-state index contributed by atoms with van der Waals surface area (Å²) in [5.74, 6) is 0.0690. The van der Waals surface area contributed by atoms with Crippen molar-refractivity contribution in [2.45, 2.75) is 50.4 Å². The van der Waals surface area contributed by atoms with Gasteiger partial charge in [-0.1, -0.05) is 28.0 Å². The van der Waals surface area contributed by atoms with Gasteiger partial charge < -0.3 is 10.1 Å². The minimum Gasteiger partial charge on any atom is -0.453 e. The Kier molecular flexibility index (Phi) is 7.91. The zero-order valence-electron chi connectivity index (χ0n) is 13.6. The summed E-state index contributed by atoms with van der Waals surface area (Å²) in [4.78, 5) is 23.7. The van der Waals surface area contributed by atoms with E-state index in [2.05, 4.69) is 5.32 Å². The first-order valence-corrected chi connectivity index (χ1v) is 10.5. The van der Waals surface area contributed by atoms with E-state index in [0.717, 1.165) is 19.3 Å². The fourth-order valence-electron chi connectivity index (χ4n) is 2.29. The van der Waals surface area contributed by atoms with Crippen molar-refractivity contribution < 1.29 is 18.7 Å². The molecule has 1 heterocycles. The molecule has 2 atom stereocenters. The van der Waals surface area contributed by atoms with Crippen molar-refractivity contribution in [1.82, 2.24) is 0 Å². The van der Waals surface area contributed by atoms with E-state index < -0.39 is 12.0 Å². The molecule has 132 valence electrons. The smallest absolute Gasteiger partial charge is 0.306 e. The Balaban J connectivity index is 1.62. The third-order valence-electron chi connectivity index (χ3n) is 3.67. The van der Waals surface area contributed by atoms with Gasteiger partial charge in [-0.25, -0.2) is 4.39 Å². The Bertz CT molecular complexity index is 547. The second kappa shape index (κ2) is 9.93. The number of nitrogens with one attached hydrogen (secondary N) is 1. The molecule has 0 unspecified atom stereocenters. The lowest BCUT2D eigenvalue weighted by Crippen LogP contribution is -2.29. The Morgan fingerprint density at radius 3 is 2.75 bits per heavy atom. The van der Waals surface area contributed by atoms with Crippen molar-refractivity contribution in [3.63, 3.8) is 0 Å². The molecule has 7 heteroatoms. The SMILES string of the molecule is C[C@H](OC(=O)CCCC[C@@H]1CCSS1)C(=O)Nc1ccc(F)cc1. The normalized spacial score (nSPS) is 18.2. The maximum Gasteiger partial charge on any atom is 0.306 e. The molecule has 0 saturated carbocycles. The highest BCUT2D eigenvalue weighted by Gasteiger charge is 2.19. The molecule has 0 bridgehead atoms. The third kappa shape index (κ3) is 6.73. The molecule has 0 radical (unpaired) electrons.